The third-order valence-electron chi connectivity index (χ3n) is 5.87. The van der Waals surface area contributed by atoms with E-state index in [9.17, 15) is 4.79 Å². The van der Waals surface area contributed by atoms with E-state index < -0.39 is 0 Å². The second-order valence-electron chi connectivity index (χ2n) is 8.42. The van der Waals surface area contributed by atoms with Crippen LogP contribution < -0.4 is 5.32 Å². The monoisotopic (exact) mass is 437 g/mol. The average Bonchev–Trinajstić information content (AvgIpc) is 3.37. The number of aryl methyl sites for hydroxylation is 1. The van der Waals surface area contributed by atoms with Crippen LogP contribution >= 0.6 is 0 Å². The van der Waals surface area contributed by atoms with E-state index in [1.807, 2.05) is 54.6 Å². The summed E-state index contributed by atoms with van der Waals surface area (Å²) in [5, 5.41) is 2.92. The highest BCUT2D eigenvalue weighted by atomic mass is 16.1. The summed E-state index contributed by atoms with van der Waals surface area (Å²) >= 11 is 0. The topological polar surface area (TPSA) is 45.2 Å². The standard InChI is InChI=1S/C29H31N3O/c1-23-14-16-24(17-15-23)27(18-22-32-20-5-6-21-32)28-13-7-11-26(31-28)12-8-19-30-29(33)25-9-3-2-4-10-25/h2-4,7-18H,5-6,19-22H2,1H3,(H,30,33)/b12-8+,27-18+. The molecule has 1 saturated heterocycles. The molecule has 1 amide bonds. The lowest BCUT2D eigenvalue weighted by Crippen LogP contribution is -2.23. The first-order valence-electron chi connectivity index (χ1n) is 11.7. The van der Waals surface area contributed by atoms with E-state index in [4.69, 9.17) is 4.98 Å². The smallest absolute Gasteiger partial charge is 0.251 e. The number of hydrogen-bond donors (Lipinski definition) is 1. The van der Waals surface area contributed by atoms with E-state index in [1.54, 1.807) is 0 Å². The van der Waals surface area contributed by atoms with Gasteiger partial charge in [0.05, 0.1) is 11.4 Å². The van der Waals surface area contributed by atoms with Crippen LogP contribution in [0.3, 0.4) is 0 Å². The Morgan fingerprint density at radius 2 is 1.70 bits per heavy atom. The molecule has 1 fully saturated rings. The molecule has 1 N–H and O–H groups in total. The van der Waals surface area contributed by atoms with Crippen LogP contribution in [0.5, 0.6) is 0 Å². The Morgan fingerprint density at radius 3 is 2.45 bits per heavy atom. The molecular weight excluding hydrogens is 406 g/mol. The van der Waals surface area contributed by atoms with Crippen LogP contribution in [-0.4, -0.2) is 42.0 Å². The van der Waals surface area contributed by atoms with Gasteiger partial charge in [-0.15, -0.1) is 0 Å². The predicted molar refractivity (Wildman–Crippen MR) is 136 cm³/mol. The molecule has 0 saturated carbocycles. The van der Waals surface area contributed by atoms with Gasteiger partial charge in [-0.2, -0.15) is 0 Å². The maximum absolute atomic E-state index is 12.2. The van der Waals surface area contributed by atoms with Crippen molar-refractivity contribution in [2.24, 2.45) is 0 Å². The molecule has 0 atom stereocenters. The molecule has 4 heteroatoms. The zero-order valence-corrected chi connectivity index (χ0v) is 19.2. The van der Waals surface area contributed by atoms with E-state index in [0.717, 1.165) is 23.5 Å². The van der Waals surface area contributed by atoms with Gasteiger partial charge in [0.1, 0.15) is 0 Å². The Bertz CT molecular complexity index is 1110. The Hall–Kier alpha value is -3.50. The van der Waals surface area contributed by atoms with Crippen molar-refractivity contribution in [3.8, 4) is 0 Å². The molecule has 2 heterocycles. The molecule has 0 radical (unpaired) electrons. The lowest BCUT2D eigenvalue weighted by atomic mass is 10.00. The second kappa shape index (κ2) is 11.4. The van der Waals surface area contributed by atoms with Gasteiger partial charge in [-0.05, 0) is 68.8 Å². The van der Waals surface area contributed by atoms with Crippen molar-refractivity contribution < 1.29 is 4.79 Å². The lowest BCUT2D eigenvalue weighted by Gasteiger charge is -2.14. The minimum Gasteiger partial charge on any atom is -0.349 e. The number of carbonyl (C=O) groups is 1. The van der Waals surface area contributed by atoms with E-state index in [1.165, 1.54) is 37.1 Å². The minimum atomic E-state index is -0.0755. The van der Waals surface area contributed by atoms with Gasteiger partial charge >= 0.3 is 0 Å². The van der Waals surface area contributed by atoms with E-state index in [2.05, 4.69) is 53.5 Å². The number of nitrogens with one attached hydrogen (secondary N) is 1. The molecule has 0 unspecified atom stereocenters. The summed E-state index contributed by atoms with van der Waals surface area (Å²) in [7, 11) is 0. The highest BCUT2D eigenvalue weighted by Crippen LogP contribution is 2.23. The first-order valence-corrected chi connectivity index (χ1v) is 11.7. The highest BCUT2D eigenvalue weighted by molar-refractivity contribution is 5.94. The van der Waals surface area contributed by atoms with Crippen molar-refractivity contribution in [3.63, 3.8) is 0 Å². The van der Waals surface area contributed by atoms with Gasteiger partial charge in [-0.25, -0.2) is 4.98 Å². The number of amides is 1. The molecule has 168 valence electrons. The molecular formula is C29H31N3O. The second-order valence-corrected chi connectivity index (χ2v) is 8.42. The van der Waals surface area contributed by atoms with Gasteiger partial charge in [-0.1, -0.05) is 66.2 Å². The number of benzene rings is 2. The third kappa shape index (κ3) is 6.50. The van der Waals surface area contributed by atoms with Crippen molar-refractivity contribution in [2.75, 3.05) is 26.2 Å². The summed E-state index contributed by atoms with van der Waals surface area (Å²) in [5.74, 6) is -0.0755. The van der Waals surface area contributed by atoms with Crippen LogP contribution in [0.25, 0.3) is 11.6 Å². The molecule has 0 bridgehead atoms. The van der Waals surface area contributed by atoms with Crippen molar-refractivity contribution >= 4 is 17.6 Å². The van der Waals surface area contributed by atoms with E-state index in [0.29, 0.717) is 12.1 Å². The summed E-state index contributed by atoms with van der Waals surface area (Å²) in [6.07, 6.45) is 8.78. The molecule has 0 spiro atoms. The van der Waals surface area contributed by atoms with Crippen LogP contribution in [0.4, 0.5) is 0 Å². The first kappa shape index (κ1) is 22.7. The maximum atomic E-state index is 12.2. The minimum absolute atomic E-state index is 0.0755. The molecule has 1 aliphatic heterocycles. The van der Waals surface area contributed by atoms with Crippen LogP contribution in [0, 0.1) is 6.92 Å². The summed E-state index contributed by atoms with van der Waals surface area (Å²) in [6, 6.07) is 24.0. The fraction of sp³-hybridized carbons (Fsp3) is 0.241. The molecule has 2 aromatic carbocycles. The highest BCUT2D eigenvalue weighted by Gasteiger charge is 2.12. The Balaban J connectivity index is 1.47. The summed E-state index contributed by atoms with van der Waals surface area (Å²) in [4.78, 5) is 19.6. The Labute approximate surface area is 196 Å². The van der Waals surface area contributed by atoms with Crippen LogP contribution in [0.2, 0.25) is 0 Å². The normalized spacial score (nSPS) is 14.6. The molecule has 1 aliphatic rings. The van der Waals surface area contributed by atoms with Gasteiger partial charge in [0.25, 0.3) is 5.91 Å². The van der Waals surface area contributed by atoms with Crippen molar-refractivity contribution in [1.29, 1.82) is 0 Å². The quantitative estimate of drug-likeness (QED) is 0.516. The van der Waals surface area contributed by atoms with Gasteiger partial charge in [-0.3, -0.25) is 9.69 Å². The molecule has 33 heavy (non-hydrogen) atoms. The Kier molecular flexibility index (Phi) is 7.83. The molecule has 3 aromatic rings. The number of aromatic nitrogens is 1. The fourth-order valence-corrected chi connectivity index (χ4v) is 4.01. The number of hydrogen-bond acceptors (Lipinski definition) is 3. The van der Waals surface area contributed by atoms with Crippen LogP contribution in [0.15, 0.2) is 84.9 Å². The van der Waals surface area contributed by atoms with Gasteiger partial charge in [0.15, 0.2) is 0 Å². The van der Waals surface area contributed by atoms with E-state index in [-0.39, 0.29) is 5.91 Å². The summed E-state index contributed by atoms with van der Waals surface area (Å²) < 4.78 is 0. The fourth-order valence-electron chi connectivity index (χ4n) is 4.01. The molecule has 4 rings (SSSR count). The van der Waals surface area contributed by atoms with Crippen molar-refractivity contribution in [3.05, 3.63) is 113 Å². The molecule has 1 aromatic heterocycles. The molecule has 0 aliphatic carbocycles. The number of pyridine rings is 1. The van der Waals surface area contributed by atoms with Crippen molar-refractivity contribution in [2.45, 2.75) is 19.8 Å². The largest absolute Gasteiger partial charge is 0.349 e. The average molecular weight is 438 g/mol. The van der Waals surface area contributed by atoms with Gasteiger partial charge in [0, 0.05) is 24.2 Å². The zero-order chi connectivity index (χ0) is 22.9. The van der Waals surface area contributed by atoms with Gasteiger partial charge in [0.2, 0.25) is 0 Å². The van der Waals surface area contributed by atoms with Crippen LogP contribution in [0.1, 0.15) is 45.7 Å². The molecule has 4 nitrogen and oxygen atoms in total. The number of nitrogens with zero attached hydrogens (tertiary/aromatic N) is 2. The van der Waals surface area contributed by atoms with E-state index >= 15 is 0 Å². The summed E-state index contributed by atoms with van der Waals surface area (Å²) in [5.41, 5.74) is 6.10. The van der Waals surface area contributed by atoms with Crippen LogP contribution in [-0.2, 0) is 0 Å². The first-order chi connectivity index (χ1) is 16.2. The van der Waals surface area contributed by atoms with Gasteiger partial charge < -0.3 is 5.32 Å². The third-order valence-corrected chi connectivity index (χ3v) is 5.87. The number of carbonyl (C=O) groups excluding carboxylic acids is 1. The SMILES string of the molecule is Cc1ccc(/C(=C\CN2CCCC2)c2cccc(/C=C/CNC(=O)c3ccccc3)n2)cc1. The number of likely N-dealkylation sites (tertiary alicyclic amines) is 1. The maximum Gasteiger partial charge on any atom is 0.251 e. The lowest BCUT2D eigenvalue weighted by molar-refractivity contribution is 0.0958. The predicted octanol–water partition coefficient (Wildman–Crippen LogP) is 5.36. The zero-order valence-electron chi connectivity index (χ0n) is 19.2. The Morgan fingerprint density at radius 1 is 0.939 bits per heavy atom. The number of rotatable bonds is 8. The van der Waals surface area contributed by atoms with Crippen molar-refractivity contribution in [1.82, 2.24) is 15.2 Å². The summed E-state index contributed by atoms with van der Waals surface area (Å²) in [6.45, 7) is 5.84.